The van der Waals surface area contributed by atoms with Crippen molar-refractivity contribution in [2.24, 2.45) is 0 Å². The highest BCUT2D eigenvalue weighted by molar-refractivity contribution is 9.10. The van der Waals surface area contributed by atoms with Gasteiger partial charge in [-0.1, -0.05) is 63.9 Å². The molecule has 0 spiro atoms. The zero-order valence-electron chi connectivity index (χ0n) is 8.37. The Morgan fingerprint density at radius 3 is 2.19 bits per heavy atom. The summed E-state index contributed by atoms with van der Waals surface area (Å²) in [6.07, 6.45) is 0. The molecule has 0 unspecified atom stereocenters. The van der Waals surface area contributed by atoms with Gasteiger partial charge in [0.2, 0.25) is 0 Å². The fourth-order valence-corrected chi connectivity index (χ4v) is 2.80. The zero-order chi connectivity index (χ0) is 11.1. The van der Waals surface area contributed by atoms with Crippen LogP contribution in [0.5, 0.6) is 0 Å². The Kier molecular flexibility index (Phi) is 2.38. The SMILES string of the molecule is Clc1cc2c(Br)cccc2c2ccccc12. The van der Waals surface area contributed by atoms with E-state index in [9.17, 15) is 0 Å². The quantitative estimate of drug-likeness (QED) is 0.486. The minimum absolute atomic E-state index is 0.801. The second kappa shape index (κ2) is 3.76. The molecule has 0 aromatic heterocycles. The molecule has 0 saturated heterocycles. The predicted molar refractivity (Wildman–Crippen MR) is 74.2 cm³/mol. The summed E-state index contributed by atoms with van der Waals surface area (Å²) >= 11 is 9.85. The van der Waals surface area contributed by atoms with Crippen LogP contribution in [-0.4, -0.2) is 0 Å². The van der Waals surface area contributed by atoms with Crippen LogP contribution in [0.15, 0.2) is 53.0 Å². The average Bonchev–Trinajstić information content (AvgIpc) is 2.31. The van der Waals surface area contributed by atoms with Crippen molar-refractivity contribution in [2.75, 3.05) is 0 Å². The summed E-state index contributed by atoms with van der Waals surface area (Å²) < 4.78 is 1.08. The van der Waals surface area contributed by atoms with Gasteiger partial charge in [-0.3, -0.25) is 0 Å². The van der Waals surface area contributed by atoms with Crippen LogP contribution in [0.25, 0.3) is 21.5 Å². The molecule has 3 aromatic carbocycles. The monoisotopic (exact) mass is 290 g/mol. The van der Waals surface area contributed by atoms with Crippen molar-refractivity contribution in [3.05, 3.63) is 58.0 Å². The molecule has 0 radical (unpaired) electrons. The summed E-state index contributed by atoms with van der Waals surface area (Å²) in [6, 6.07) is 16.4. The maximum atomic E-state index is 6.29. The normalized spacial score (nSPS) is 11.1. The van der Waals surface area contributed by atoms with Crippen LogP contribution in [0, 0.1) is 0 Å². The molecule has 0 heterocycles. The summed E-state index contributed by atoms with van der Waals surface area (Å²) in [5.74, 6) is 0. The molecule has 0 aliphatic rings. The summed E-state index contributed by atoms with van der Waals surface area (Å²) in [7, 11) is 0. The van der Waals surface area contributed by atoms with Crippen molar-refractivity contribution >= 4 is 49.1 Å². The minimum atomic E-state index is 0.801. The second-order valence-electron chi connectivity index (χ2n) is 3.74. The lowest BCUT2D eigenvalue weighted by atomic mass is 10.0. The first-order valence-electron chi connectivity index (χ1n) is 5.03. The Hall–Kier alpha value is -1.05. The molecule has 0 saturated carbocycles. The number of benzene rings is 3. The van der Waals surface area contributed by atoms with E-state index in [4.69, 9.17) is 11.6 Å². The third-order valence-electron chi connectivity index (χ3n) is 2.80. The molecule has 0 aliphatic heterocycles. The molecule has 3 rings (SSSR count). The standard InChI is InChI=1S/C14H8BrCl/c15-13-7-3-6-10-9-4-1-2-5-11(9)14(16)8-12(10)13/h1-8H. The minimum Gasteiger partial charge on any atom is -0.0836 e. The van der Waals surface area contributed by atoms with Crippen molar-refractivity contribution in [3.63, 3.8) is 0 Å². The number of halogens is 2. The van der Waals surface area contributed by atoms with Gasteiger partial charge in [0.05, 0.1) is 0 Å². The number of fused-ring (bicyclic) bond motifs is 3. The Balaban J connectivity index is 2.64. The van der Waals surface area contributed by atoms with Gasteiger partial charge in [-0.05, 0) is 28.3 Å². The molecule has 0 atom stereocenters. The van der Waals surface area contributed by atoms with E-state index in [2.05, 4.69) is 34.1 Å². The average molecular weight is 292 g/mol. The van der Waals surface area contributed by atoms with E-state index >= 15 is 0 Å². The largest absolute Gasteiger partial charge is 0.0836 e. The van der Waals surface area contributed by atoms with Gasteiger partial charge < -0.3 is 0 Å². The lowest BCUT2D eigenvalue weighted by molar-refractivity contribution is 1.73. The zero-order valence-corrected chi connectivity index (χ0v) is 10.7. The maximum Gasteiger partial charge on any atom is 0.0491 e. The molecule has 0 aliphatic carbocycles. The second-order valence-corrected chi connectivity index (χ2v) is 5.00. The maximum absolute atomic E-state index is 6.29. The lowest BCUT2D eigenvalue weighted by Gasteiger charge is -2.07. The van der Waals surface area contributed by atoms with Gasteiger partial charge in [0.15, 0.2) is 0 Å². The van der Waals surface area contributed by atoms with Crippen molar-refractivity contribution in [1.82, 2.24) is 0 Å². The number of rotatable bonds is 0. The third kappa shape index (κ3) is 1.43. The highest BCUT2D eigenvalue weighted by Gasteiger charge is 2.06. The molecule has 0 fully saturated rings. The Morgan fingerprint density at radius 2 is 1.38 bits per heavy atom. The molecule has 0 amide bonds. The summed E-state index contributed by atoms with van der Waals surface area (Å²) in [5.41, 5.74) is 0. The highest BCUT2D eigenvalue weighted by atomic mass is 79.9. The van der Waals surface area contributed by atoms with E-state index in [-0.39, 0.29) is 0 Å². The van der Waals surface area contributed by atoms with Crippen LogP contribution in [0.3, 0.4) is 0 Å². The Bertz CT molecular complexity index is 683. The van der Waals surface area contributed by atoms with E-state index in [1.165, 1.54) is 10.8 Å². The Morgan fingerprint density at radius 1 is 0.750 bits per heavy atom. The number of hydrogen-bond donors (Lipinski definition) is 0. The summed E-state index contributed by atoms with van der Waals surface area (Å²) in [6.45, 7) is 0. The summed E-state index contributed by atoms with van der Waals surface area (Å²) in [5, 5.41) is 5.50. The van der Waals surface area contributed by atoms with Crippen LogP contribution < -0.4 is 0 Å². The molecular formula is C14H8BrCl. The van der Waals surface area contributed by atoms with E-state index in [0.717, 1.165) is 20.3 Å². The fourth-order valence-electron chi connectivity index (χ4n) is 2.05. The van der Waals surface area contributed by atoms with Crippen LogP contribution in [0.2, 0.25) is 5.02 Å². The van der Waals surface area contributed by atoms with E-state index in [1.807, 2.05) is 30.3 Å². The van der Waals surface area contributed by atoms with Gasteiger partial charge in [-0.25, -0.2) is 0 Å². The lowest BCUT2D eigenvalue weighted by Crippen LogP contribution is -1.80. The third-order valence-corrected chi connectivity index (χ3v) is 3.80. The number of hydrogen-bond acceptors (Lipinski definition) is 0. The van der Waals surface area contributed by atoms with Gasteiger partial charge in [0.25, 0.3) is 0 Å². The molecule has 16 heavy (non-hydrogen) atoms. The van der Waals surface area contributed by atoms with Gasteiger partial charge in [0, 0.05) is 14.9 Å². The molecule has 0 bridgehead atoms. The van der Waals surface area contributed by atoms with E-state index in [0.29, 0.717) is 0 Å². The van der Waals surface area contributed by atoms with Crippen LogP contribution in [0.1, 0.15) is 0 Å². The highest BCUT2D eigenvalue weighted by Crippen LogP contribution is 2.34. The van der Waals surface area contributed by atoms with E-state index in [1.54, 1.807) is 0 Å². The topological polar surface area (TPSA) is 0 Å². The van der Waals surface area contributed by atoms with Crippen molar-refractivity contribution in [2.45, 2.75) is 0 Å². The first-order valence-corrected chi connectivity index (χ1v) is 6.20. The first-order chi connectivity index (χ1) is 7.77. The molecule has 2 heteroatoms. The van der Waals surface area contributed by atoms with Gasteiger partial charge in [-0.2, -0.15) is 0 Å². The molecule has 0 N–H and O–H groups in total. The first kappa shape index (κ1) is 10.1. The van der Waals surface area contributed by atoms with Gasteiger partial charge >= 0.3 is 0 Å². The van der Waals surface area contributed by atoms with E-state index < -0.39 is 0 Å². The smallest absolute Gasteiger partial charge is 0.0491 e. The molecular weight excluding hydrogens is 284 g/mol. The van der Waals surface area contributed by atoms with Crippen molar-refractivity contribution < 1.29 is 0 Å². The van der Waals surface area contributed by atoms with Crippen molar-refractivity contribution in [1.29, 1.82) is 0 Å². The Labute approximate surface area is 107 Å². The fraction of sp³-hybridized carbons (Fsp3) is 0. The van der Waals surface area contributed by atoms with Crippen molar-refractivity contribution in [3.8, 4) is 0 Å². The predicted octanol–water partition coefficient (Wildman–Crippen LogP) is 5.41. The van der Waals surface area contributed by atoms with Gasteiger partial charge in [-0.15, -0.1) is 0 Å². The molecule has 0 nitrogen and oxygen atoms in total. The van der Waals surface area contributed by atoms with Gasteiger partial charge in [0.1, 0.15) is 0 Å². The van der Waals surface area contributed by atoms with Crippen LogP contribution >= 0.6 is 27.5 Å². The van der Waals surface area contributed by atoms with Crippen LogP contribution in [-0.2, 0) is 0 Å². The van der Waals surface area contributed by atoms with Crippen LogP contribution in [0.4, 0.5) is 0 Å². The molecule has 78 valence electrons. The summed E-state index contributed by atoms with van der Waals surface area (Å²) in [4.78, 5) is 0. The molecule has 3 aromatic rings.